The molecule has 2 amide bonds. The lowest BCUT2D eigenvalue weighted by Crippen LogP contribution is -2.59. The van der Waals surface area contributed by atoms with Gasteiger partial charge in [0.1, 0.15) is 40.1 Å². The second kappa shape index (κ2) is 27.9. The van der Waals surface area contributed by atoms with Gasteiger partial charge in [0.2, 0.25) is 0 Å². The molecule has 2 saturated carbocycles. The van der Waals surface area contributed by atoms with Crippen LogP contribution in [0.5, 0.6) is 11.5 Å². The van der Waals surface area contributed by atoms with Crippen molar-refractivity contribution >= 4 is 47.0 Å². The van der Waals surface area contributed by atoms with E-state index in [9.17, 15) is 29.4 Å². The fourth-order valence-electron chi connectivity index (χ4n) is 10.9. The Morgan fingerprint density at radius 2 is 1.07 bits per heavy atom. The highest BCUT2D eigenvalue weighted by atomic mass is 35.5. The van der Waals surface area contributed by atoms with E-state index in [1.54, 1.807) is 24.3 Å². The van der Waals surface area contributed by atoms with Gasteiger partial charge in [-0.25, -0.2) is 19.6 Å². The van der Waals surface area contributed by atoms with Crippen molar-refractivity contribution < 1.29 is 43.6 Å². The summed E-state index contributed by atoms with van der Waals surface area (Å²) in [4.78, 5) is 71.1. The molecule has 0 unspecified atom stereocenters. The molecule has 0 spiro atoms. The third-order valence-electron chi connectivity index (χ3n) is 16.2. The minimum absolute atomic E-state index is 0.00828. The molecule has 8 rings (SSSR count). The summed E-state index contributed by atoms with van der Waals surface area (Å²) >= 11 is 13.3. The Morgan fingerprint density at radius 3 is 1.54 bits per heavy atom. The number of rotatable bonds is 24. The minimum atomic E-state index is -1.71. The molecule has 2 aliphatic carbocycles. The Labute approximate surface area is 491 Å². The highest BCUT2D eigenvalue weighted by molar-refractivity contribution is 6.32. The van der Waals surface area contributed by atoms with Gasteiger partial charge in [0.25, 0.3) is 11.8 Å². The number of nitrogens with zero attached hydrogens (tertiary/aromatic N) is 4. The summed E-state index contributed by atoms with van der Waals surface area (Å²) in [6.45, 7) is 15.8. The van der Waals surface area contributed by atoms with Crippen LogP contribution in [0.2, 0.25) is 10.0 Å². The predicted octanol–water partition coefficient (Wildman–Crippen LogP) is 12.0. The second-order valence-corrected chi connectivity index (χ2v) is 22.5. The SMILES string of the molecule is CCN(C)CCCOc1cc(-c2nc(C(=O)NC3(C(=O)O)CCC(OC(=O)C4(NC(=O)c5ccc(-c6ccccc6C)c(-c6ccc(Cl)c(OCCCN(CC)CC)c6)n5)CCC(O)CC4)CC3)ccc2-c2ccccc2C)ccc1Cl. The number of ether oxygens (including phenoxy) is 3. The van der Waals surface area contributed by atoms with Crippen molar-refractivity contribution in [2.24, 2.45) is 0 Å². The van der Waals surface area contributed by atoms with Crippen molar-refractivity contribution in [1.82, 2.24) is 30.4 Å². The number of aryl methyl sites for hydroxylation is 2. The number of aliphatic carboxylic acids is 1. The lowest BCUT2D eigenvalue weighted by molar-refractivity contribution is -0.162. The van der Waals surface area contributed by atoms with E-state index in [1.807, 2.05) is 106 Å². The maximum absolute atomic E-state index is 14.6. The van der Waals surface area contributed by atoms with Gasteiger partial charge in [-0.05, 0) is 176 Å². The van der Waals surface area contributed by atoms with Crippen molar-refractivity contribution in [1.29, 1.82) is 0 Å². The summed E-state index contributed by atoms with van der Waals surface area (Å²) in [5.74, 6) is -2.24. The largest absolute Gasteiger partial charge is 0.492 e. The molecule has 434 valence electrons. The van der Waals surface area contributed by atoms with Crippen molar-refractivity contribution in [2.75, 3.05) is 53.0 Å². The third-order valence-corrected chi connectivity index (χ3v) is 16.8. The molecular weight excluding hydrogens is 1080 g/mol. The van der Waals surface area contributed by atoms with Gasteiger partial charge >= 0.3 is 11.9 Å². The molecule has 2 heterocycles. The number of hydrogen-bond acceptors (Lipinski definition) is 12. The van der Waals surface area contributed by atoms with Crippen LogP contribution in [0.3, 0.4) is 0 Å². The normalized spacial score (nSPS) is 18.9. The van der Waals surface area contributed by atoms with Crippen molar-refractivity contribution in [3.63, 3.8) is 0 Å². The van der Waals surface area contributed by atoms with Crippen LogP contribution in [-0.2, 0) is 14.3 Å². The van der Waals surface area contributed by atoms with Gasteiger partial charge < -0.3 is 44.9 Å². The molecule has 0 saturated heterocycles. The van der Waals surface area contributed by atoms with Gasteiger partial charge in [-0.3, -0.25) is 9.59 Å². The molecule has 17 heteroatoms. The number of halogens is 2. The molecule has 82 heavy (non-hydrogen) atoms. The molecule has 2 fully saturated rings. The third kappa shape index (κ3) is 14.7. The minimum Gasteiger partial charge on any atom is -0.492 e. The Morgan fingerprint density at radius 1 is 0.610 bits per heavy atom. The highest BCUT2D eigenvalue weighted by Gasteiger charge is 2.48. The number of aliphatic hydroxyl groups excluding tert-OH is 1. The first-order chi connectivity index (χ1) is 39.5. The van der Waals surface area contributed by atoms with Crippen LogP contribution in [0.1, 0.15) is 117 Å². The fourth-order valence-corrected chi connectivity index (χ4v) is 11.2. The monoisotopic (exact) mass is 1150 g/mol. The van der Waals surface area contributed by atoms with Crippen molar-refractivity contribution in [3.8, 4) is 56.3 Å². The number of aromatic nitrogens is 2. The number of aliphatic hydroxyl groups is 1. The van der Waals surface area contributed by atoms with E-state index >= 15 is 0 Å². The number of pyridine rings is 2. The van der Waals surface area contributed by atoms with E-state index in [-0.39, 0.29) is 62.8 Å². The lowest BCUT2D eigenvalue weighted by Gasteiger charge is -2.40. The Balaban J connectivity index is 0.992. The number of amides is 2. The summed E-state index contributed by atoms with van der Waals surface area (Å²) in [7, 11) is 2.05. The molecule has 0 radical (unpaired) electrons. The molecule has 2 aliphatic rings. The molecule has 0 aliphatic heterocycles. The Kier molecular flexibility index (Phi) is 20.8. The van der Waals surface area contributed by atoms with E-state index in [1.165, 1.54) is 0 Å². The van der Waals surface area contributed by atoms with E-state index in [2.05, 4.69) is 41.2 Å². The number of esters is 1. The summed E-state index contributed by atoms with van der Waals surface area (Å²) in [6.07, 6.45) is 0.925. The van der Waals surface area contributed by atoms with Gasteiger partial charge in [-0.1, -0.05) is 105 Å². The second-order valence-electron chi connectivity index (χ2n) is 21.6. The summed E-state index contributed by atoms with van der Waals surface area (Å²) in [5, 5.41) is 28.2. The first-order valence-electron chi connectivity index (χ1n) is 28.6. The number of hydrogen-bond donors (Lipinski definition) is 4. The number of carbonyl (C=O) groups is 4. The quantitative estimate of drug-likeness (QED) is 0.0331. The van der Waals surface area contributed by atoms with Crippen LogP contribution in [0.4, 0.5) is 0 Å². The van der Waals surface area contributed by atoms with E-state index in [0.717, 1.165) is 78.9 Å². The fraction of sp³-hybridized carbons (Fsp3) is 0.415. The smallest absolute Gasteiger partial charge is 0.332 e. The van der Waals surface area contributed by atoms with Crippen LogP contribution in [0.25, 0.3) is 44.8 Å². The highest BCUT2D eigenvalue weighted by Crippen LogP contribution is 2.40. The van der Waals surface area contributed by atoms with E-state index in [4.69, 9.17) is 47.4 Å². The number of carboxylic acid groups (broad SMARTS) is 1. The molecule has 15 nitrogen and oxygen atoms in total. The van der Waals surface area contributed by atoms with E-state index in [0.29, 0.717) is 57.3 Å². The first-order valence-corrected chi connectivity index (χ1v) is 29.4. The van der Waals surface area contributed by atoms with Crippen LogP contribution >= 0.6 is 23.2 Å². The van der Waals surface area contributed by atoms with Crippen molar-refractivity contribution in [2.45, 2.75) is 122 Å². The zero-order valence-corrected chi connectivity index (χ0v) is 49.4. The van der Waals surface area contributed by atoms with Crippen LogP contribution in [-0.4, -0.2) is 130 Å². The topological polar surface area (TPSA) is 193 Å². The molecular formula is C65H76Cl2N6O9. The molecule has 4 N–H and O–H groups in total. The lowest BCUT2D eigenvalue weighted by atomic mass is 9.78. The zero-order chi connectivity index (χ0) is 58.6. The number of benzene rings is 4. The number of carbonyl (C=O) groups excluding carboxylic acids is 3. The maximum atomic E-state index is 14.6. The number of carboxylic acids is 1. The molecule has 0 atom stereocenters. The average molecular weight is 1160 g/mol. The van der Waals surface area contributed by atoms with Gasteiger partial charge in [-0.15, -0.1) is 0 Å². The summed E-state index contributed by atoms with van der Waals surface area (Å²) in [6, 6.07) is 33.4. The molecule has 6 aromatic rings. The summed E-state index contributed by atoms with van der Waals surface area (Å²) in [5.41, 5.74) is 4.52. The predicted molar refractivity (Wildman–Crippen MR) is 322 cm³/mol. The van der Waals surface area contributed by atoms with Crippen molar-refractivity contribution in [3.05, 3.63) is 142 Å². The van der Waals surface area contributed by atoms with Gasteiger partial charge in [0, 0.05) is 35.3 Å². The zero-order valence-electron chi connectivity index (χ0n) is 47.9. The van der Waals surface area contributed by atoms with Gasteiger partial charge in [0.15, 0.2) is 0 Å². The molecule has 2 aromatic heterocycles. The first kappa shape index (κ1) is 61.2. The van der Waals surface area contributed by atoms with Gasteiger partial charge in [0.05, 0.1) is 40.8 Å². The Bertz CT molecular complexity index is 3230. The van der Waals surface area contributed by atoms with Crippen LogP contribution in [0, 0.1) is 13.8 Å². The number of nitrogens with one attached hydrogen (secondary N) is 2. The average Bonchev–Trinajstić information content (AvgIpc) is 3.29. The van der Waals surface area contributed by atoms with Crippen LogP contribution < -0.4 is 20.1 Å². The maximum Gasteiger partial charge on any atom is 0.332 e. The Hall–Kier alpha value is -6.88. The molecule has 0 bridgehead atoms. The molecule has 4 aromatic carbocycles. The van der Waals surface area contributed by atoms with Gasteiger partial charge in [-0.2, -0.15) is 0 Å². The summed E-state index contributed by atoms with van der Waals surface area (Å²) < 4.78 is 18.6. The van der Waals surface area contributed by atoms with E-state index < -0.39 is 47.0 Å². The standard InChI is InChI=1S/C65H76Cl2N6O9/c1-7-72(6)36-14-38-80-56-40-44(20-24-52(56)66)58-50(48-18-12-10-16-42(48)4)22-26-54(68-58)60(75)70-64(62(77)78)34-30-47(31-35-64)82-63(79)65(32-28-46(74)29-33-65)71-61(76)55-27-23-51(49-19-13-11-17-43(49)5)59(69-55)45-21-25-53(67)57(41-45)81-39-15-37-73(8-2)9-3/h10-13,16-27,40-41,46-47,74H,7-9,14-15,28-39H2,1-6H3,(H,70,75)(H,71,76)(H,77,78). The van der Waals surface area contributed by atoms with Crippen LogP contribution in [0.15, 0.2) is 109 Å².